The van der Waals surface area contributed by atoms with Gasteiger partial charge in [0.25, 0.3) is 0 Å². The summed E-state index contributed by atoms with van der Waals surface area (Å²) in [6, 6.07) is 0.269. The first kappa shape index (κ1) is 10.1. The van der Waals surface area contributed by atoms with Gasteiger partial charge in [0.15, 0.2) is 0 Å². The topological polar surface area (TPSA) is 71.8 Å². The molecule has 1 saturated heterocycles. The van der Waals surface area contributed by atoms with Crippen LogP contribution in [0.5, 0.6) is 0 Å². The summed E-state index contributed by atoms with van der Waals surface area (Å²) < 4.78 is 1.74. The quantitative estimate of drug-likeness (QED) is 0.680. The minimum atomic E-state index is 0.153. The number of rotatable bonds is 4. The molecule has 2 rings (SSSR count). The van der Waals surface area contributed by atoms with Crippen LogP contribution in [0.2, 0.25) is 0 Å². The van der Waals surface area contributed by atoms with Gasteiger partial charge in [-0.2, -0.15) is 5.10 Å². The number of amides is 1. The monoisotopic (exact) mass is 209 g/mol. The Hall–Kier alpha value is -1.43. The van der Waals surface area contributed by atoms with Crippen molar-refractivity contribution in [3.8, 4) is 0 Å². The van der Waals surface area contributed by atoms with Crippen molar-refractivity contribution in [1.82, 2.24) is 25.4 Å². The van der Waals surface area contributed by atoms with Crippen molar-refractivity contribution in [3.63, 3.8) is 0 Å². The summed E-state index contributed by atoms with van der Waals surface area (Å²) in [6.07, 6.45) is 3.11. The number of hydrogen-bond acceptors (Lipinski definition) is 4. The number of carbonyl (C=O) groups excluding carboxylic acids is 1. The van der Waals surface area contributed by atoms with Crippen LogP contribution in [0, 0.1) is 0 Å². The average Bonchev–Trinajstić information content (AvgIpc) is 2.77. The Balaban J connectivity index is 1.71. The summed E-state index contributed by atoms with van der Waals surface area (Å²) in [5.74, 6) is 1.06. The second-order valence-electron chi connectivity index (χ2n) is 3.73. The standard InChI is InChI=1S/C9H15N5O/c1-14-8(11-6-12-14)5-10-4-7-2-3-9(15)13-7/h6-7,10H,2-5H2,1H3,(H,13,15). The van der Waals surface area contributed by atoms with E-state index in [0.717, 1.165) is 18.8 Å². The largest absolute Gasteiger partial charge is 0.352 e. The van der Waals surface area contributed by atoms with E-state index in [9.17, 15) is 4.79 Å². The molecule has 6 heteroatoms. The van der Waals surface area contributed by atoms with E-state index in [-0.39, 0.29) is 11.9 Å². The van der Waals surface area contributed by atoms with E-state index in [2.05, 4.69) is 20.7 Å². The molecule has 0 aromatic carbocycles. The predicted octanol–water partition coefficient (Wildman–Crippen LogP) is -0.817. The number of hydrogen-bond donors (Lipinski definition) is 2. The van der Waals surface area contributed by atoms with Gasteiger partial charge < -0.3 is 10.6 Å². The Morgan fingerprint density at radius 1 is 1.73 bits per heavy atom. The zero-order valence-corrected chi connectivity index (χ0v) is 8.73. The van der Waals surface area contributed by atoms with Gasteiger partial charge in [0, 0.05) is 26.1 Å². The van der Waals surface area contributed by atoms with E-state index >= 15 is 0 Å². The van der Waals surface area contributed by atoms with Gasteiger partial charge in [-0.05, 0) is 6.42 Å². The Bertz CT molecular complexity index is 348. The third kappa shape index (κ3) is 2.53. The molecule has 1 aliphatic rings. The van der Waals surface area contributed by atoms with Crippen LogP contribution in [0.1, 0.15) is 18.7 Å². The minimum Gasteiger partial charge on any atom is -0.352 e. The van der Waals surface area contributed by atoms with Crippen molar-refractivity contribution in [1.29, 1.82) is 0 Å². The van der Waals surface area contributed by atoms with Gasteiger partial charge in [-0.15, -0.1) is 0 Å². The van der Waals surface area contributed by atoms with Crippen LogP contribution in [0.4, 0.5) is 0 Å². The molecule has 1 aliphatic heterocycles. The predicted molar refractivity (Wildman–Crippen MR) is 53.9 cm³/mol. The van der Waals surface area contributed by atoms with E-state index in [1.165, 1.54) is 6.33 Å². The SMILES string of the molecule is Cn1ncnc1CNCC1CCC(=O)N1. The van der Waals surface area contributed by atoms with Gasteiger partial charge in [-0.3, -0.25) is 9.48 Å². The second-order valence-corrected chi connectivity index (χ2v) is 3.73. The maximum atomic E-state index is 10.9. The molecule has 2 heterocycles. The van der Waals surface area contributed by atoms with Crippen LogP contribution < -0.4 is 10.6 Å². The van der Waals surface area contributed by atoms with Crippen LogP contribution >= 0.6 is 0 Å². The Labute approximate surface area is 88.1 Å². The fourth-order valence-corrected chi connectivity index (χ4v) is 1.67. The van der Waals surface area contributed by atoms with Crippen molar-refractivity contribution in [2.24, 2.45) is 7.05 Å². The lowest BCUT2D eigenvalue weighted by Gasteiger charge is -2.10. The van der Waals surface area contributed by atoms with Crippen molar-refractivity contribution in [3.05, 3.63) is 12.2 Å². The molecule has 1 aromatic rings. The van der Waals surface area contributed by atoms with Gasteiger partial charge in [0.05, 0.1) is 6.54 Å². The summed E-state index contributed by atoms with van der Waals surface area (Å²) in [5.41, 5.74) is 0. The van der Waals surface area contributed by atoms with Gasteiger partial charge in [0.1, 0.15) is 12.2 Å². The van der Waals surface area contributed by atoms with Crippen LogP contribution in [0.25, 0.3) is 0 Å². The highest BCUT2D eigenvalue weighted by Crippen LogP contribution is 2.05. The fourth-order valence-electron chi connectivity index (χ4n) is 1.67. The zero-order valence-electron chi connectivity index (χ0n) is 8.73. The first-order valence-electron chi connectivity index (χ1n) is 5.08. The summed E-state index contributed by atoms with van der Waals surface area (Å²) in [5, 5.41) is 10.1. The lowest BCUT2D eigenvalue weighted by molar-refractivity contribution is -0.119. The van der Waals surface area contributed by atoms with Crippen molar-refractivity contribution < 1.29 is 4.79 Å². The second kappa shape index (κ2) is 4.39. The molecule has 6 nitrogen and oxygen atoms in total. The molecular formula is C9H15N5O. The first-order valence-corrected chi connectivity index (χ1v) is 5.08. The summed E-state index contributed by atoms with van der Waals surface area (Å²) in [6.45, 7) is 1.47. The van der Waals surface area contributed by atoms with Crippen LogP contribution in [-0.4, -0.2) is 33.3 Å². The van der Waals surface area contributed by atoms with Crippen molar-refractivity contribution in [2.45, 2.75) is 25.4 Å². The molecule has 1 atom stereocenters. The van der Waals surface area contributed by atoms with Crippen molar-refractivity contribution in [2.75, 3.05) is 6.54 Å². The summed E-state index contributed by atoms with van der Waals surface area (Å²) in [4.78, 5) is 15.0. The molecule has 82 valence electrons. The maximum Gasteiger partial charge on any atom is 0.220 e. The normalized spacial score (nSPS) is 20.6. The zero-order chi connectivity index (χ0) is 10.7. The van der Waals surface area contributed by atoms with Crippen LogP contribution in [0.15, 0.2) is 6.33 Å². The van der Waals surface area contributed by atoms with E-state index in [1.54, 1.807) is 4.68 Å². The Morgan fingerprint density at radius 2 is 2.60 bits per heavy atom. The molecule has 1 unspecified atom stereocenters. The maximum absolute atomic E-state index is 10.9. The summed E-state index contributed by atoms with van der Waals surface area (Å²) in [7, 11) is 1.86. The lowest BCUT2D eigenvalue weighted by atomic mass is 10.2. The molecule has 0 radical (unpaired) electrons. The highest BCUT2D eigenvalue weighted by Gasteiger charge is 2.19. The van der Waals surface area contributed by atoms with Gasteiger partial charge in [-0.1, -0.05) is 0 Å². The number of aromatic nitrogens is 3. The fraction of sp³-hybridized carbons (Fsp3) is 0.667. The van der Waals surface area contributed by atoms with Gasteiger partial charge in [-0.25, -0.2) is 4.98 Å². The Morgan fingerprint density at radius 3 is 3.20 bits per heavy atom. The van der Waals surface area contributed by atoms with E-state index in [1.807, 2.05) is 7.05 Å². The lowest BCUT2D eigenvalue weighted by Crippen LogP contribution is -2.35. The van der Waals surface area contributed by atoms with Gasteiger partial charge in [0.2, 0.25) is 5.91 Å². The third-order valence-corrected chi connectivity index (χ3v) is 2.56. The molecule has 0 spiro atoms. The molecule has 1 fully saturated rings. The number of carbonyl (C=O) groups is 1. The number of aryl methyl sites for hydroxylation is 1. The van der Waals surface area contributed by atoms with Crippen LogP contribution in [-0.2, 0) is 18.4 Å². The molecule has 0 saturated carbocycles. The highest BCUT2D eigenvalue weighted by atomic mass is 16.1. The highest BCUT2D eigenvalue weighted by molar-refractivity contribution is 5.78. The number of nitrogens with zero attached hydrogens (tertiary/aromatic N) is 3. The van der Waals surface area contributed by atoms with E-state index < -0.39 is 0 Å². The number of nitrogens with one attached hydrogen (secondary N) is 2. The third-order valence-electron chi connectivity index (χ3n) is 2.56. The molecule has 0 aliphatic carbocycles. The smallest absolute Gasteiger partial charge is 0.220 e. The van der Waals surface area contributed by atoms with E-state index in [4.69, 9.17) is 0 Å². The average molecular weight is 209 g/mol. The van der Waals surface area contributed by atoms with E-state index in [0.29, 0.717) is 13.0 Å². The molecular weight excluding hydrogens is 194 g/mol. The molecule has 1 amide bonds. The molecule has 2 N–H and O–H groups in total. The molecule has 0 bridgehead atoms. The molecule has 1 aromatic heterocycles. The minimum absolute atomic E-state index is 0.153. The Kier molecular flexibility index (Phi) is 2.96. The first-order chi connectivity index (χ1) is 7.25. The van der Waals surface area contributed by atoms with Crippen LogP contribution in [0.3, 0.4) is 0 Å². The molecule has 15 heavy (non-hydrogen) atoms. The summed E-state index contributed by atoms with van der Waals surface area (Å²) >= 11 is 0. The van der Waals surface area contributed by atoms with Gasteiger partial charge >= 0.3 is 0 Å². The van der Waals surface area contributed by atoms with Crippen molar-refractivity contribution >= 4 is 5.91 Å².